The quantitative estimate of drug-likeness (QED) is 0.492. The standard InChI is InChI=1S/C25H38O3Si2/c1-24(2,3)29(7,8)22-16-14-12-11-13-15(16)17-18(20(27)21(28)19(17)26)23(22)30(9,10)25(4,5)6/h11-14,19,26-28H,1-10H3. The van der Waals surface area contributed by atoms with Crippen molar-refractivity contribution in [1.82, 2.24) is 0 Å². The number of aliphatic hydroxyl groups is 3. The zero-order valence-corrected chi connectivity index (χ0v) is 22.2. The van der Waals surface area contributed by atoms with E-state index in [1.165, 1.54) is 15.8 Å². The van der Waals surface area contributed by atoms with Crippen molar-refractivity contribution in [2.75, 3.05) is 0 Å². The van der Waals surface area contributed by atoms with E-state index in [0.29, 0.717) is 11.1 Å². The lowest BCUT2D eigenvalue weighted by atomic mass is 9.98. The van der Waals surface area contributed by atoms with E-state index in [-0.39, 0.29) is 21.6 Å². The summed E-state index contributed by atoms with van der Waals surface area (Å²) in [5, 5.41) is 37.5. The predicted octanol–water partition coefficient (Wildman–Crippen LogP) is 6.10. The van der Waals surface area contributed by atoms with Gasteiger partial charge in [0.05, 0.1) is 16.1 Å². The summed E-state index contributed by atoms with van der Waals surface area (Å²) in [4.78, 5) is 0. The molecule has 1 atom stereocenters. The van der Waals surface area contributed by atoms with E-state index >= 15 is 0 Å². The molecule has 164 valence electrons. The number of fused-ring (bicyclic) bond motifs is 3. The summed E-state index contributed by atoms with van der Waals surface area (Å²) in [6.45, 7) is 23.4. The van der Waals surface area contributed by atoms with Crippen LogP contribution in [0.1, 0.15) is 58.8 Å². The van der Waals surface area contributed by atoms with Crippen molar-refractivity contribution in [2.45, 2.75) is 83.9 Å². The maximum Gasteiger partial charge on any atom is 0.168 e. The molecule has 0 saturated carbocycles. The maximum atomic E-state index is 11.1. The normalized spacial score (nSPS) is 18.3. The Morgan fingerprint density at radius 3 is 1.63 bits per heavy atom. The summed E-state index contributed by atoms with van der Waals surface area (Å²) in [7, 11) is -4.23. The van der Waals surface area contributed by atoms with Gasteiger partial charge in [-0.05, 0) is 26.0 Å². The lowest BCUT2D eigenvalue weighted by Crippen LogP contribution is -2.65. The van der Waals surface area contributed by atoms with Crippen molar-refractivity contribution >= 4 is 43.1 Å². The van der Waals surface area contributed by atoms with Crippen molar-refractivity contribution in [3.63, 3.8) is 0 Å². The molecule has 1 unspecified atom stereocenters. The highest BCUT2D eigenvalue weighted by atomic mass is 28.3. The first-order valence-electron chi connectivity index (χ1n) is 10.9. The van der Waals surface area contributed by atoms with Crippen LogP contribution in [0.4, 0.5) is 0 Å². The zero-order chi connectivity index (χ0) is 23.0. The highest BCUT2D eigenvalue weighted by Gasteiger charge is 2.50. The Morgan fingerprint density at radius 1 is 0.733 bits per heavy atom. The first kappa shape index (κ1) is 23.1. The van der Waals surface area contributed by atoms with Gasteiger partial charge in [-0.2, -0.15) is 0 Å². The van der Waals surface area contributed by atoms with Crippen molar-refractivity contribution in [3.8, 4) is 0 Å². The SMILES string of the molecule is CC(C)(C)[Si](C)(C)c1c2c(c3ccccc3c1[Si](C)(C)C(C)(C)C)C(O)C(O)=C2O. The fourth-order valence-corrected chi connectivity index (χ4v) is 11.1. The summed E-state index contributed by atoms with van der Waals surface area (Å²) >= 11 is 0. The number of aliphatic hydroxyl groups excluding tert-OH is 3. The second-order valence-corrected chi connectivity index (χ2v) is 22.5. The second-order valence-electron chi connectivity index (χ2n) is 12.0. The van der Waals surface area contributed by atoms with Crippen molar-refractivity contribution in [2.24, 2.45) is 0 Å². The van der Waals surface area contributed by atoms with Crippen molar-refractivity contribution in [1.29, 1.82) is 0 Å². The van der Waals surface area contributed by atoms with Crippen LogP contribution >= 0.6 is 0 Å². The minimum Gasteiger partial charge on any atom is -0.506 e. The van der Waals surface area contributed by atoms with Gasteiger partial charge in [-0.3, -0.25) is 0 Å². The van der Waals surface area contributed by atoms with E-state index in [9.17, 15) is 15.3 Å². The molecule has 0 amide bonds. The molecule has 30 heavy (non-hydrogen) atoms. The van der Waals surface area contributed by atoms with Gasteiger partial charge in [0.15, 0.2) is 11.5 Å². The van der Waals surface area contributed by atoms with E-state index in [4.69, 9.17) is 0 Å². The fourth-order valence-electron chi connectivity index (χ4n) is 4.41. The largest absolute Gasteiger partial charge is 0.506 e. The van der Waals surface area contributed by atoms with Crippen LogP contribution in [0.2, 0.25) is 36.3 Å². The van der Waals surface area contributed by atoms with E-state index in [0.717, 1.165) is 5.39 Å². The number of rotatable bonds is 2. The molecule has 0 aromatic heterocycles. The first-order valence-corrected chi connectivity index (χ1v) is 16.9. The fraction of sp³-hybridized carbons (Fsp3) is 0.520. The minimum atomic E-state index is -2.17. The number of benzene rings is 2. The third kappa shape index (κ3) is 3.01. The smallest absolute Gasteiger partial charge is 0.168 e. The minimum absolute atomic E-state index is 0.0315. The summed E-state index contributed by atoms with van der Waals surface area (Å²) in [6.07, 6.45) is -1.18. The maximum absolute atomic E-state index is 11.1. The van der Waals surface area contributed by atoms with Gasteiger partial charge in [0.25, 0.3) is 0 Å². The molecule has 1 aliphatic carbocycles. The van der Waals surface area contributed by atoms with Gasteiger partial charge in [-0.25, -0.2) is 0 Å². The van der Waals surface area contributed by atoms with E-state index in [1.54, 1.807) is 0 Å². The molecule has 3 nitrogen and oxygen atoms in total. The predicted molar refractivity (Wildman–Crippen MR) is 135 cm³/mol. The molecule has 5 heteroatoms. The van der Waals surface area contributed by atoms with Crippen LogP contribution in [0, 0.1) is 0 Å². The molecule has 2 aromatic carbocycles. The van der Waals surface area contributed by atoms with Gasteiger partial charge in [0, 0.05) is 11.1 Å². The monoisotopic (exact) mass is 442 g/mol. The highest BCUT2D eigenvalue weighted by Crippen LogP contribution is 2.46. The Balaban J connectivity index is 2.70. The van der Waals surface area contributed by atoms with Crippen molar-refractivity contribution < 1.29 is 15.3 Å². The topological polar surface area (TPSA) is 60.7 Å². The van der Waals surface area contributed by atoms with Crippen molar-refractivity contribution in [3.05, 3.63) is 41.2 Å². The molecule has 0 radical (unpaired) electrons. The summed E-state index contributed by atoms with van der Waals surface area (Å²) < 4.78 is 0. The Morgan fingerprint density at radius 2 is 1.17 bits per heavy atom. The van der Waals surface area contributed by atoms with E-state index < -0.39 is 22.3 Å². The van der Waals surface area contributed by atoms with Gasteiger partial charge < -0.3 is 15.3 Å². The lowest BCUT2D eigenvalue weighted by molar-refractivity contribution is 0.159. The second kappa shape index (κ2) is 6.71. The molecule has 0 bridgehead atoms. The highest BCUT2D eigenvalue weighted by molar-refractivity contribution is 7.03. The van der Waals surface area contributed by atoms with E-state index in [2.05, 4.69) is 79.9 Å². The Labute approximate surface area is 183 Å². The molecule has 0 fully saturated rings. The third-order valence-electron chi connectivity index (χ3n) is 8.27. The van der Waals surface area contributed by atoms with Gasteiger partial charge in [0.1, 0.15) is 6.10 Å². The van der Waals surface area contributed by atoms with Crippen LogP contribution in [0.5, 0.6) is 0 Å². The molecule has 0 aliphatic heterocycles. The zero-order valence-electron chi connectivity index (χ0n) is 20.2. The molecule has 3 rings (SSSR count). The van der Waals surface area contributed by atoms with E-state index in [1.807, 2.05) is 12.1 Å². The molecule has 0 spiro atoms. The molecule has 1 aliphatic rings. The Hall–Kier alpha value is -1.57. The summed E-state index contributed by atoms with van der Waals surface area (Å²) in [5.74, 6) is -0.453. The Bertz CT molecular complexity index is 1050. The molecule has 0 heterocycles. The number of hydrogen-bond acceptors (Lipinski definition) is 3. The van der Waals surface area contributed by atoms with Crippen LogP contribution < -0.4 is 10.4 Å². The van der Waals surface area contributed by atoms with Gasteiger partial charge in [-0.1, -0.05) is 97.2 Å². The average Bonchev–Trinajstić information content (AvgIpc) is 2.83. The van der Waals surface area contributed by atoms with Gasteiger partial charge in [0.2, 0.25) is 0 Å². The first-order chi connectivity index (χ1) is 13.5. The number of hydrogen-bond donors (Lipinski definition) is 3. The van der Waals surface area contributed by atoms with Crippen LogP contribution in [0.25, 0.3) is 16.5 Å². The Kier molecular flexibility index (Phi) is 5.17. The third-order valence-corrected chi connectivity index (χ3v) is 19.5. The van der Waals surface area contributed by atoms with Gasteiger partial charge in [-0.15, -0.1) is 0 Å². The molecule has 0 saturated heterocycles. The summed E-state index contributed by atoms with van der Waals surface area (Å²) in [5.41, 5.74) is 1.37. The van der Waals surface area contributed by atoms with Crippen LogP contribution in [0.3, 0.4) is 0 Å². The molecular weight excluding hydrogens is 404 g/mol. The van der Waals surface area contributed by atoms with Gasteiger partial charge >= 0.3 is 0 Å². The van der Waals surface area contributed by atoms with Crippen LogP contribution in [-0.4, -0.2) is 31.5 Å². The average molecular weight is 443 g/mol. The molecular formula is C25H38O3Si2. The molecule has 2 aromatic rings. The van der Waals surface area contributed by atoms with Crippen LogP contribution in [0.15, 0.2) is 30.0 Å². The molecule has 3 N–H and O–H groups in total. The summed E-state index contributed by atoms with van der Waals surface area (Å²) in [6, 6.07) is 8.23. The van der Waals surface area contributed by atoms with Crippen LogP contribution in [-0.2, 0) is 0 Å². The lowest BCUT2D eigenvalue weighted by Gasteiger charge is -2.46.